The second-order valence-corrected chi connectivity index (χ2v) is 10.8. The maximum absolute atomic E-state index is 15.5. The average molecular weight is 502 g/mol. The molecule has 8 heteroatoms. The van der Waals surface area contributed by atoms with Gasteiger partial charge in [-0.3, -0.25) is 15.0 Å². The highest BCUT2D eigenvalue weighted by Crippen LogP contribution is 2.41. The maximum Gasteiger partial charge on any atom is 0.257 e. The number of aliphatic hydroxyl groups is 1. The van der Waals surface area contributed by atoms with Crippen molar-refractivity contribution in [3.05, 3.63) is 71.0 Å². The van der Waals surface area contributed by atoms with Crippen LogP contribution < -0.4 is 10.6 Å². The lowest BCUT2D eigenvalue weighted by molar-refractivity contribution is 0.0655. The fourth-order valence-electron chi connectivity index (χ4n) is 4.42. The zero-order valence-electron chi connectivity index (χ0n) is 21.1. The summed E-state index contributed by atoms with van der Waals surface area (Å²) in [6.45, 7) is 11.2. The minimum absolute atomic E-state index is 0.0319. The van der Waals surface area contributed by atoms with Gasteiger partial charge in [0.25, 0.3) is 5.91 Å². The second kappa shape index (κ2) is 11.1. The molecule has 3 N–H and O–H groups in total. The van der Waals surface area contributed by atoms with Crippen LogP contribution in [-0.2, 0) is 16.9 Å². The summed E-state index contributed by atoms with van der Waals surface area (Å²) in [6.07, 6.45) is 0.0319. The molecule has 0 aromatic heterocycles. The lowest BCUT2D eigenvalue weighted by Crippen LogP contribution is -2.57. The van der Waals surface area contributed by atoms with Crippen LogP contribution in [0.5, 0.6) is 0 Å². The Morgan fingerprint density at radius 2 is 1.94 bits per heavy atom. The van der Waals surface area contributed by atoms with E-state index in [1.54, 1.807) is 36.4 Å². The molecule has 1 saturated heterocycles. The molecule has 2 atom stereocenters. The number of rotatable bonds is 7. The van der Waals surface area contributed by atoms with E-state index in [4.69, 9.17) is 17.0 Å². The van der Waals surface area contributed by atoms with Crippen LogP contribution in [0.2, 0.25) is 0 Å². The van der Waals surface area contributed by atoms with Crippen molar-refractivity contribution >= 4 is 23.2 Å². The number of thiocarbonyl (C=S) groups is 1. The molecule has 2 aromatic carbocycles. The minimum atomic E-state index is -1.05. The van der Waals surface area contributed by atoms with E-state index in [1.165, 1.54) is 6.07 Å². The molecule has 6 nitrogen and oxygen atoms in total. The predicted octanol–water partition coefficient (Wildman–Crippen LogP) is 3.97. The van der Waals surface area contributed by atoms with Gasteiger partial charge in [-0.1, -0.05) is 24.3 Å². The summed E-state index contributed by atoms with van der Waals surface area (Å²) in [4.78, 5) is 14.9. The number of nitrogens with one attached hydrogen (secondary N) is 2. The summed E-state index contributed by atoms with van der Waals surface area (Å²) < 4.78 is 21.2. The molecular weight excluding hydrogens is 465 g/mol. The number of halogens is 1. The normalized spacial score (nSPS) is 20.7. The van der Waals surface area contributed by atoms with Crippen LogP contribution >= 0.6 is 12.2 Å². The van der Waals surface area contributed by atoms with E-state index < -0.39 is 11.4 Å². The van der Waals surface area contributed by atoms with Gasteiger partial charge in [0.2, 0.25) is 0 Å². The number of hydrogen-bond acceptors (Lipinski definition) is 5. The number of amides is 1. The number of aliphatic hydroxyl groups excluding tert-OH is 1. The molecule has 0 radical (unpaired) electrons. The Labute approximate surface area is 212 Å². The van der Waals surface area contributed by atoms with Gasteiger partial charge in [-0.25, -0.2) is 4.39 Å². The monoisotopic (exact) mass is 501 g/mol. The summed E-state index contributed by atoms with van der Waals surface area (Å²) in [7, 11) is 0. The fourth-order valence-corrected chi connectivity index (χ4v) is 4.70. The highest BCUT2D eigenvalue weighted by molar-refractivity contribution is 7.80. The average Bonchev–Trinajstić information content (AvgIpc) is 3.18. The van der Waals surface area contributed by atoms with Crippen LogP contribution in [0.4, 0.5) is 4.39 Å². The van der Waals surface area contributed by atoms with Crippen molar-refractivity contribution in [2.45, 2.75) is 58.4 Å². The van der Waals surface area contributed by atoms with Crippen molar-refractivity contribution in [1.82, 2.24) is 15.5 Å². The fraction of sp³-hybridized carbons (Fsp3) is 0.481. The van der Waals surface area contributed by atoms with Gasteiger partial charge in [-0.15, -0.1) is 0 Å². The first-order valence-electron chi connectivity index (χ1n) is 11.9. The van der Waals surface area contributed by atoms with Crippen LogP contribution in [0.15, 0.2) is 48.5 Å². The molecular formula is C27H36FN3O3S. The molecule has 190 valence electrons. The lowest BCUT2D eigenvalue weighted by Gasteiger charge is -2.38. The summed E-state index contributed by atoms with van der Waals surface area (Å²) in [6, 6.07) is 13.7. The van der Waals surface area contributed by atoms with Gasteiger partial charge in [0.1, 0.15) is 5.82 Å². The first-order valence-corrected chi connectivity index (χ1v) is 12.3. The summed E-state index contributed by atoms with van der Waals surface area (Å²) in [5.74, 6) is -1.13. The molecule has 0 aliphatic carbocycles. The van der Waals surface area contributed by atoms with E-state index in [0.29, 0.717) is 30.8 Å². The van der Waals surface area contributed by atoms with Crippen molar-refractivity contribution in [1.29, 1.82) is 0 Å². The molecule has 1 aliphatic rings. The highest BCUT2D eigenvalue weighted by atomic mass is 32.1. The lowest BCUT2D eigenvalue weighted by atomic mass is 9.80. The van der Waals surface area contributed by atoms with Gasteiger partial charge >= 0.3 is 0 Å². The number of carbonyl (C=O) groups is 1. The van der Waals surface area contributed by atoms with Crippen LogP contribution in [0.3, 0.4) is 0 Å². The van der Waals surface area contributed by atoms with E-state index in [0.717, 1.165) is 5.56 Å². The molecule has 3 rings (SSSR count). The number of benzene rings is 2. The largest absolute Gasteiger partial charge is 0.396 e. The molecule has 1 amide bonds. The molecule has 1 aliphatic heterocycles. The Kier molecular flexibility index (Phi) is 8.64. The number of likely N-dealkylation sites (tertiary alicyclic amines) is 1. The van der Waals surface area contributed by atoms with E-state index in [9.17, 15) is 9.90 Å². The Bertz CT molecular complexity index is 1040. The van der Waals surface area contributed by atoms with Gasteiger partial charge in [0.15, 0.2) is 5.11 Å². The van der Waals surface area contributed by atoms with Crippen molar-refractivity contribution in [2.24, 2.45) is 5.92 Å². The Balaban J connectivity index is 1.99. The van der Waals surface area contributed by atoms with Crippen molar-refractivity contribution < 1.29 is 19.0 Å². The third-order valence-corrected chi connectivity index (χ3v) is 6.65. The van der Waals surface area contributed by atoms with Crippen molar-refractivity contribution in [3.8, 4) is 0 Å². The van der Waals surface area contributed by atoms with E-state index in [2.05, 4.69) is 36.3 Å². The van der Waals surface area contributed by atoms with Crippen LogP contribution in [0.1, 0.15) is 56.1 Å². The third kappa shape index (κ3) is 6.44. The Morgan fingerprint density at radius 3 is 2.54 bits per heavy atom. The van der Waals surface area contributed by atoms with Crippen LogP contribution in [0.25, 0.3) is 0 Å². The molecule has 35 heavy (non-hydrogen) atoms. The first kappa shape index (κ1) is 27.2. The van der Waals surface area contributed by atoms with Crippen LogP contribution in [0, 0.1) is 11.7 Å². The number of ether oxygens (including phenoxy) is 1. The van der Waals surface area contributed by atoms with E-state index in [1.807, 2.05) is 19.9 Å². The van der Waals surface area contributed by atoms with Crippen molar-refractivity contribution in [3.63, 3.8) is 0 Å². The number of hydrogen-bond donors (Lipinski definition) is 3. The molecule has 1 fully saturated rings. The topological polar surface area (TPSA) is 73.8 Å². The molecule has 0 unspecified atom stereocenters. The highest BCUT2D eigenvalue weighted by Gasteiger charge is 2.51. The molecule has 0 saturated carbocycles. The molecule has 0 bridgehead atoms. The zero-order chi connectivity index (χ0) is 25.8. The molecule has 1 heterocycles. The Morgan fingerprint density at radius 1 is 1.26 bits per heavy atom. The summed E-state index contributed by atoms with van der Waals surface area (Å²) in [5.41, 5.74) is 0.402. The van der Waals surface area contributed by atoms with Gasteiger partial charge in [-0.2, -0.15) is 0 Å². The number of nitrogens with zero attached hydrogens (tertiary/aromatic N) is 1. The van der Waals surface area contributed by atoms with Gasteiger partial charge in [-0.05, 0) is 76.7 Å². The second-order valence-electron chi connectivity index (χ2n) is 10.4. The standard InChI is InChI=1S/C27H36FN3O3S/c1-18(2)34-16-19-11-12-23(28)22(13-19)27(17-31(26(3,4)5)14-21(27)15-32)30-25(35)29-24(33)20-9-7-6-8-10-20/h6-13,18,21,32H,14-17H2,1-5H3,(H2,29,30,33,35)/t21-,27-/m0/s1. The van der Waals surface area contributed by atoms with Gasteiger partial charge < -0.3 is 15.2 Å². The first-order chi connectivity index (χ1) is 16.5. The van der Waals surface area contributed by atoms with Gasteiger partial charge in [0.05, 0.1) is 18.2 Å². The third-order valence-electron chi connectivity index (χ3n) is 6.44. The van der Waals surface area contributed by atoms with Crippen molar-refractivity contribution in [2.75, 3.05) is 19.7 Å². The maximum atomic E-state index is 15.5. The molecule has 0 spiro atoms. The zero-order valence-corrected chi connectivity index (χ0v) is 21.9. The predicted molar refractivity (Wildman–Crippen MR) is 140 cm³/mol. The number of carbonyl (C=O) groups excluding carboxylic acids is 1. The quantitative estimate of drug-likeness (QED) is 0.499. The van der Waals surface area contributed by atoms with Crippen LogP contribution in [-0.4, -0.2) is 52.4 Å². The summed E-state index contributed by atoms with van der Waals surface area (Å²) >= 11 is 5.54. The minimum Gasteiger partial charge on any atom is -0.396 e. The van der Waals surface area contributed by atoms with E-state index in [-0.39, 0.29) is 35.2 Å². The summed E-state index contributed by atoms with van der Waals surface area (Å²) in [5, 5.41) is 16.5. The van der Waals surface area contributed by atoms with Gasteiger partial charge in [0, 0.05) is 42.3 Å². The smallest absolute Gasteiger partial charge is 0.257 e. The molecule has 2 aromatic rings. The Hall–Kier alpha value is -2.39. The van der Waals surface area contributed by atoms with E-state index >= 15 is 4.39 Å². The SMILES string of the molecule is CC(C)OCc1ccc(F)c([C@]2(NC(=S)NC(=O)c3ccccc3)CN(C(C)(C)C)C[C@H]2CO)c1.